The second-order valence-electron chi connectivity index (χ2n) is 3.89. The van der Waals surface area contributed by atoms with E-state index >= 15 is 0 Å². The molecule has 1 heterocycles. The van der Waals surface area contributed by atoms with E-state index in [1.165, 1.54) is 6.07 Å². The Kier molecular flexibility index (Phi) is 3.38. The van der Waals surface area contributed by atoms with Gasteiger partial charge in [0, 0.05) is 12.8 Å². The first-order valence-electron chi connectivity index (χ1n) is 5.23. The number of aromatic nitrogens is 2. The minimum atomic E-state index is -0.357. The molecule has 90 valence electrons. The fourth-order valence-corrected chi connectivity index (χ4v) is 2.52. The Morgan fingerprint density at radius 2 is 2.18 bits per heavy atom. The summed E-state index contributed by atoms with van der Waals surface area (Å²) in [4.78, 5) is 0. The third-order valence-corrected chi connectivity index (χ3v) is 3.57. The molecule has 0 amide bonds. The standard InChI is InChI=1S/C12H14FN3S/c1-8-5-12(16(2)15-8)17-7-9-3-4-11(14)10(13)6-9/h3-6H,7,14H2,1-2H3. The molecule has 0 atom stereocenters. The first-order chi connectivity index (χ1) is 8.06. The highest BCUT2D eigenvalue weighted by Gasteiger charge is 2.05. The van der Waals surface area contributed by atoms with Crippen LogP contribution in [0, 0.1) is 12.7 Å². The molecule has 0 aliphatic rings. The monoisotopic (exact) mass is 251 g/mol. The third-order valence-electron chi connectivity index (χ3n) is 2.41. The fourth-order valence-electron chi connectivity index (χ4n) is 1.54. The highest BCUT2D eigenvalue weighted by Crippen LogP contribution is 2.24. The zero-order valence-corrected chi connectivity index (χ0v) is 10.6. The lowest BCUT2D eigenvalue weighted by Gasteiger charge is -2.03. The van der Waals surface area contributed by atoms with Crippen LogP contribution in [0.25, 0.3) is 0 Å². The van der Waals surface area contributed by atoms with E-state index in [2.05, 4.69) is 5.10 Å². The van der Waals surface area contributed by atoms with E-state index in [1.807, 2.05) is 30.8 Å². The Bertz CT molecular complexity index is 537. The maximum atomic E-state index is 13.2. The molecule has 1 aromatic heterocycles. The van der Waals surface area contributed by atoms with Crippen LogP contribution in [0.1, 0.15) is 11.3 Å². The minimum absolute atomic E-state index is 0.190. The van der Waals surface area contributed by atoms with Crippen molar-refractivity contribution >= 4 is 17.4 Å². The molecular formula is C12H14FN3S. The zero-order valence-electron chi connectivity index (χ0n) is 9.77. The van der Waals surface area contributed by atoms with E-state index < -0.39 is 0 Å². The number of aryl methyl sites for hydroxylation is 2. The van der Waals surface area contributed by atoms with Crippen molar-refractivity contribution in [2.45, 2.75) is 17.7 Å². The summed E-state index contributed by atoms with van der Waals surface area (Å²) in [5.41, 5.74) is 7.52. The molecule has 0 unspecified atom stereocenters. The molecule has 1 aromatic carbocycles. The van der Waals surface area contributed by atoms with Crippen molar-refractivity contribution in [3.63, 3.8) is 0 Å². The summed E-state index contributed by atoms with van der Waals surface area (Å²) >= 11 is 1.63. The van der Waals surface area contributed by atoms with Crippen LogP contribution >= 0.6 is 11.8 Å². The van der Waals surface area contributed by atoms with Gasteiger partial charge >= 0.3 is 0 Å². The van der Waals surface area contributed by atoms with Crippen molar-refractivity contribution in [1.29, 1.82) is 0 Å². The molecule has 0 aliphatic heterocycles. The number of thioether (sulfide) groups is 1. The summed E-state index contributed by atoms with van der Waals surface area (Å²) in [6.07, 6.45) is 0. The van der Waals surface area contributed by atoms with Gasteiger partial charge in [-0.25, -0.2) is 4.39 Å². The number of anilines is 1. The van der Waals surface area contributed by atoms with Gasteiger partial charge in [0.1, 0.15) is 5.82 Å². The Labute approximate surface area is 104 Å². The van der Waals surface area contributed by atoms with Crippen LogP contribution in [0.2, 0.25) is 0 Å². The second-order valence-corrected chi connectivity index (χ2v) is 4.89. The molecule has 2 aromatic rings. The van der Waals surface area contributed by atoms with E-state index in [4.69, 9.17) is 5.73 Å². The molecule has 0 bridgehead atoms. The van der Waals surface area contributed by atoms with E-state index in [9.17, 15) is 4.39 Å². The van der Waals surface area contributed by atoms with Crippen molar-refractivity contribution in [2.75, 3.05) is 5.73 Å². The van der Waals surface area contributed by atoms with Gasteiger partial charge in [0.15, 0.2) is 0 Å². The summed E-state index contributed by atoms with van der Waals surface area (Å²) < 4.78 is 15.1. The molecule has 3 nitrogen and oxygen atoms in total. The Morgan fingerprint density at radius 1 is 1.41 bits per heavy atom. The SMILES string of the molecule is Cc1cc(SCc2ccc(N)c(F)c2)n(C)n1. The summed E-state index contributed by atoms with van der Waals surface area (Å²) in [5, 5.41) is 5.33. The molecular weight excluding hydrogens is 237 g/mol. The van der Waals surface area contributed by atoms with E-state index in [0.717, 1.165) is 16.3 Å². The molecule has 0 fully saturated rings. The number of hydrogen-bond donors (Lipinski definition) is 1. The maximum absolute atomic E-state index is 13.2. The summed E-state index contributed by atoms with van der Waals surface area (Å²) in [7, 11) is 1.90. The third kappa shape index (κ3) is 2.79. The molecule has 0 aliphatic carbocycles. The predicted octanol–water partition coefficient (Wildman–Crippen LogP) is 2.74. The molecule has 0 saturated heterocycles. The van der Waals surface area contributed by atoms with Gasteiger partial charge in [0.2, 0.25) is 0 Å². The number of nitrogen functional groups attached to an aromatic ring is 1. The average molecular weight is 251 g/mol. The maximum Gasteiger partial charge on any atom is 0.146 e. The van der Waals surface area contributed by atoms with Gasteiger partial charge in [0.25, 0.3) is 0 Å². The van der Waals surface area contributed by atoms with Gasteiger partial charge in [-0.2, -0.15) is 5.10 Å². The molecule has 0 saturated carbocycles. The van der Waals surface area contributed by atoms with E-state index in [0.29, 0.717) is 5.75 Å². The number of hydrogen-bond acceptors (Lipinski definition) is 3. The predicted molar refractivity (Wildman–Crippen MR) is 68.3 cm³/mol. The molecule has 0 spiro atoms. The molecule has 5 heteroatoms. The van der Waals surface area contributed by atoms with Gasteiger partial charge in [-0.1, -0.05) is 6.07 Å². The normalized spacial score (nSPS) is 10.8. The van der Waals surface area contributed by atoms with Crippen LogP contribution in [0.5, 0.6) is 0 Å². The summed E-state index contributed by atoms with van der Waals surface area (Å²) in [6.45, 7) is 1.95. The number of benzene rings is 1. The first kappa shape index (κ1) is 12.0. The molecule has 2 N–H and O–H groups in total. The minimum Gasteiger partial charge on any atom is -0.396 e. The van der Waals surface area contributed by atoms with Crippen molar-refractivity contribution in [2.24, 2.45) is 7.05 Å². The van der Waals surface area contributed by atoms with Crippen LogP contribution in [-0.2, 0) is 12.8 Å². The lowest BCUT2D eigenvalue weighted by atomic mass is 10.2. The number of nitrogens with two attached hydrogens (primary N) is 1. The molecule has 2 rings (SSSR count). The van der Waals surface area contributed by atoms with Crippen LogP contribution in [0.15, 0.2) is 29.3 Å². The summed E-state index contributed by atoms with van der Waals surface area (Å²) in [6, 6.07) is 6.93. The Morgan fingerprint density at radius 3 is 2.76 bits per heavy atom. The van der Waals surface area contributed by atoms with Gasteiger partial charge in [-0.05, 0) is 30.7 Å². The van der Waals surface area contributed by atoms with Crippen molar-refractivity contribution in [3.05, 3.63) is 41.3 Å². The fraction of sp³-hybridized carbons (Fsp3) is 0.250. The van der Waals surface area contributed by atoms with Crippen molar-refractivity contribution in [3.8, 4) is 0 Å². The summed E-state index contributed by atoms with van der Waals surface area (Å²) in [5.74, 6) is 0.347. The van der Waals surface area contributed by atoms with Gasteiger partial charge in [0.05, 0.1) is 16.4 Å². The van der Waals surface area contributed by atoms with Crippen LogP contribution in [-0.4, -0.2) is 9.78 Å². The Balaban J connectivity index is 2.07. The van der Waals surface area contributed by atoms with Gasteiger partial charge in [-0.15, -0.1) is 11.8 Å². The zero-order chi connectivity index (χ0) is 12.4. The van der Waals surface area contributed by atoms with E-state index in [1.54, 1.807) is 17.8 Å². The smallest absolute Gasteiger partial charge is 0.146 e. The lowest BCUT2D eigenvalue weighted by molar-refractivity contribution is 0.631. The van der Waals surface area contributed by atoms with Crippen LogP contribution < -0.4 is 5.73 Å². The van der Waals surface area contributed by atoms with Crippen LogP contribution in [0.4, 0.5) is 10.1 Å². The number of rotatable bonds is 3. The van der Waals surface area contributed by atoms with Crippen molar-refractivity contribution in [1.82, 2.24) is 9.78 Å². The van der Waals surface area contributed by atoms with Crippen LogP contribution in [0.3, 0.4) is 0 Å². The largest absolute Gasteiger partial charge is 0.396 e. The quantitative estimate of drug-likeness (QED) is 0.674. The molecule has 17 heavy (non-hydrogen) atoms. The van der Waals surface area contributed by atoms with Gasteiger partial charge in [-0.3, -0.25) is 4.68 Å². The lowest BCUT2D eigenvalue weighted by Crippen LogP contribution is -1.94. The van der Waals surface area contributed by atoms with Gasteiger partial charge < -0.3 is 5.73 Å². The number of halogens is 1. The Hall–Kier alpha value is -1.49. The second kappa shape index (κ2) is 4.79. The highest BCUT2D eigenvalue weighted by molar-refractivity contribution is 7.98. The first-order valence-corrected chi connectivity index (χ1v) is 6.22. The molecule has 0 radical (unpaired) electrons. The van der Waals surface area contributed by atoms with E-state index in [-0.39, 0.29) is 11.5 Å². The number of nitrogens with zero attached hydrogens (tertiary/aromatic N) is 2. The topological polar surface area (TPSA) is 43.8 Å². The highest BCUT2D eigenvalue weighted by atomic mass is 32.2. The average Bonchev–Trinajstić information content (AvgIpc) is 2.59. The van der Waals surface area contributed by atoms with Crippen molar-refractivity contribution < 1.29 is 4.39 Å².